The van der Waals surface area contributed by atoms with Gasteiger partial charge in [-0.2, -0.15) is 0 Å². The van der Waals surface area contributed by atoms with E-state index in [4.69, 9.17) is 9.15 Å². The molecule has 0 N–H and O–H groups in total. The first-order valence-corrected chi connectivity index (χ1v) is 12.3. The third kappa shape index (κ3) is 4.31. The standard InChI is InChI=1S/C27H21N3O6S/c1-3-19-23(26(32)35-2)24(16-9-5-4-6-10-16)29-25(31)22(37-27(29)28-19)15-17-13-14-21(36-17)18-11-7-8-12-20(18)30(33)34/h4-15,24H,3H2,1-2H3/b22-15+/t24-/m0/s1. The molecule has 5 rings (SSSR count). The summed E-state index contributed by atoms with van der Waals surface area (Å²) in [6.07, 6.45) is 2.06. The van der Waals surface area contributed by atoms with Gasteiger partial charge < -0.3 is 9.15 Å². The first-order valence-electron chi connectivity index (χ1n) is 11.4. The van der Waals surface area contributed by atoms with Crippen LogP contribution in [0.3, 0.4) is 0 Å². The number of carbonyl (C=O) groups is 1. The Kier molecular flexibility index (Phi) is 6.41. The van der Waals surface area contributed by atoms with Crippen molar-refractivity contribution in [2.24, 2.45) is 4.99 Å². The number of aromatic nitrogens is 1. The number of fused-ring (bicyclic) bond motifs is 1. The molecule has 0 amide bonds. The van der Waals surface area contributed by atoms with Gasteiger partial charge in [0.15, 0.2) is 4.80 Å². The molecule has 0 radical (unpaired) electrons. The summed E-state index contributed by atoms with van der Waals surface area (Å²) < 4.78 is 12.8. The molecule has 1 aliphatic rings. The largest absolute Gasteiger partial charge is 0.466 e. The summed E-state index contributed by atoms with van der Waals surface area (Å²) >= 11 is 1.18. The number of carbonyl (C=O) groups excluding carboxylic acids is 1. The maximum absolute atomic E-state index is 13.6. The summed E-state index contributed by atoms with van der Waals surface area (Å²) in [5, 5.41) is 11.4. The molecule has 3 heterocycles. The monoisotopic (exact) mass is 515 g/mol. The van der Waals surface area contributed by atoms with Crippen LogP contribution in [0.4, 0.5) is 5.69 Å². The third-order valence-corrected chi connectivity index (χ3v) is 7.01. The molecular weight excluding hydrogens is 494 g/mol. The van der Waals surface area contributed by atoms with Crippen LogP contribution >= 0.6 is 11.3 Å². The fourth-order valence-corrected chi connectivity index (χ4v) is 5.36. The Bertz CT molecular complexity index is 1730. The van der Waals surface area contributed by atoms with Crippen LogP contribution in [-0.2, 0) is 9.53 Å². The number of rotatable bonds is 6. The number of hydrogen-bond acceptors (Lipinski definition) is 8. The number of nitro benzene ring substituents is 1. The quantitative estimate of drug-likeness (QED) is 0.218. The molecule has 2 aromatic heterocycles. The van der Waals surface area contributed by atoms with E-state index >= 15 is 0 Å². The number of thiazole rings is 1. The minimum Gasteiger partial charge on any atom is -0.466 e. The normalized spacial score (nSPS) is 15.3. The molecule has 0 saturated heterocycles. The van der Waals surface area contributed by atoms with E-state index in [-0.39, 0.29) is 11.2 Å². The predicted octanol–water partition coefficient (Wildman–Crippen LogP) is 3.97. The number of methoxy groups -OCH3 is 1. The number of esters is 1. The molecule has 186 valence electrons. The van der Waals surface area contributed by atoms with Crippen molar-refractivity contribution in [1.29, 1.82) is 0 Å². The van der Waals surface area contributed by atoms with Crippen molar-refractivity contribution < 1.29 is 18.9 Å². The van der Waals surface area contributed by atoms with Crippen LogP contribution in [-0.4, -0.2) is 22.6 Å². The first-order chi connectivity index (χ1) is 17.9. The van der Waals surface area contributed by atoms with Gasteiger partial charge in [-0.05, 0) is 30.2 Å². The van der Waals surface area contributed by atoms with Crippen LogP contribution in [0.25, 0.3) is 17.4 Å². The Hall–Kier alpha value is -4.57. The van der Waals surface area contributed by atoms with Crippen molar-refractivity contribution in [1.82, 2.24) is 4.57 Å². The second-order valence-corrected chi connectivity index (χ2v) is 9.18. The molecule has 1 aliphatic heterocycles. The lowest BCUT2D eigenvalue weighted by molar-refractivity contribution is -0.384. The van der Waals surface area contributed by atoms with Crippen LogP contribution in [0.15, 0.2) is 92.2 Å². The molecule has 2 aromatic carbocycles. The van der Waals surface area contributed by atoms with E-state index in [1.807, 2.05) is 37.3 Å². The van der Waals surface area contributed by atoms with E-state index < -0.39 is 16.9 Å². The van der Waals surface area contributed by atoms with Gasteiger partial charge in [-0.3, -0.25) is 19.5 Å². The highest BCUT2D eigenvalue weighted by Crippen LogP contribution is 2.32. The molecule has 1 atom stereocenters. The molecule has 9 nitrogen and oxygen atoms in total. The summed E-state index contributed by atoms with van der Waals surface area (Å²) in [4.78, 5) is 42.5. The van der Waals surface area contributed by atoms with E-state index in [2.05, 4.69) is 4.99 Å². The number of ether oxygens (including phenoxy) is 1. The molecule has 4 aromatic rings. The average molecular weight is 516 g/mol. The molecule has 0 saturated carbocycles. The van der Waals surface area contributed by atoms with E-state index in [1.54, 1.807) is 36.4 Å². The molecule has 0 fully saturated rings. The summed E-state index contributed by atoms with van der Waals surface area (Å²) in [6, 6.07) is 18.1. The number of para-hydroxylation sites is 1. The Labute approximate surface area is 214 Å². The topological polar surface area (TPSA) is 117 Å². The number of nitro groups is 1. The summed E-state index contributed by atoms with van der Waals surface area (Å²) in [7, 11) is 1.31. The zero-order valence-electron chi connectivity index (χ0n) is 19.9. The highest BCUT2D eigenvalue weighted by atomic mass is 32.1. The zero-order chi connectivity index (χ0) is 26.1. The molecule has 37 heavy (non-hydrogen) atoms. The second kappa shape index (κ2) is 9.82. The lowest BCUT2D eigenvalue weighted by Crippen LogP contribution is -2.40. The number of furan rings is 1. The molecular formula is C27H21N3O6S. The number of allylic oxidation sites excluding steroid dienone is 1. The van der Waals surface area contributed by atoms with Gasteiger partial charge in [-0.25, -0.2) is 9.79 Å². The Morgan fingerprint density at radius 2 is 1.89 bits per heavy atom. The molecule has 0 spiro atoms. The van der Waals surface area contributed by atoms with Gasteiger partial charge in [0, 0.05) is 12.1 Å². The lowest BCUT2D eigenvalue weighted by atomic mass is 9.95. The zero-order valence-corrected chi connectivity index (χ0v) is 20.7. The van der Waals surface area contributed by atoms with E-state index in [0.29, 0.717) is 44.1 Å². The van der Waals surface area contributed by atoms with Crippen LogP contribution in [0.5, 0.6) is 0 Å². The Morgan fingerprint density at radius 1 is 1.16 bits per heavy atom. The smallest absolute Gasteiger partial charge is 0.338 e. The van der Waals surface area contributed by atoms with Crippen molar-refractivity contribution in [3.63, 3.8) is 0 Å². The number of nitrogens with zero attached hydrogens (tertiary/aromatic N) is 3. The number of benzene rings is 2. The first kappa shape index (κ1) is 24.1. The minimum atomic E-state index is -0.693. The fraction of sp³-hybridized carbons (Fsp3) is 0.148. The van der Waals surface area contributed by atoms with Gasteiger partial charge >= 0.3 is 5.97 Å². The van der Waals surface area contributed by atoms with Gasteiger partial charge in [-0.1, -0.05) is 60.7 Å². The minimum absolute atomic E-state index is 0.0759. The number of hydrogen-bond donors (Lipinski definition) is 0. The van der Waals surface area contributed by atoms with Gasteiger partial charge in [0.25, 0.3) is 11.2 Å². The third-order valence-electron chi connectivity index (χ3n) is 6.03. The maximum atomic E-state index is 13.6. The SMILES string of the molecule is CCC1=C(C(=O)OC)[C@H](c2ccccc2)n2c(s/c(=C/c3ccc(-c4ccccc4[N+](=O)[O-])o3)c2=O)=N1. The van der Waals surface area contributed by atoms with Crippen LogP contribution in [0.1, 0.15) is 30.7 Å². The van der Waals surface area contributed by atoms with Crippen LogP contribution in [0, 0.1) is 10.1 Å². The second-order valence-electron chi connectivity index (χ2n) is 8.18. The lowest BCUT2D eigenvalue weighted by Gasteiger charge is -2.25. The van der Waals surface area contributed by atoms with Gasteiger partial charge in [0.1, 0.15) is 11.5 Å². The Morgan fingerprint density at radius 3 is 2.59 bits per heavy atom. The molecule has 10 heteroatoms. The molecule has 0 bridgehead atoms. The average Bonchev–Trinajstić information content (AvgIpc) is 3.51. The van der Waals surface area contributed by atoms with Crippen molar-refractivity contribution in [3.8, 4) is 11.3 Å². The van der Waals surface area contributed by atoms with Crippen LogP contribution in [0.2, 0.25) is 0 Å². The highest BCUT2D eigenvalue weighted by Gasteiger charge is 2.33. The van der Waals surface area contributed by atoms with E-state index in [0.717, 1.165) is 5.56 Å². The molecule has 0 unspecified atom stereocenters. The van der Waals surface area contributed by atoms with Crippen molar-refractivity contribution in [2.45, 2.75) is 19.4 Å². The molecule has 0 aliphatic carbocycles. The van der Waals surface area contributed by atoms with Gasteiger partial charge in [0.05, 0.1) is 39.4 Å². The Balaban J connectivity index is 1.66. The predicted molar refractivity (Wildman–Crippen MR) is 138 cm³/mol. The summed E-state index contributed by atoms with van der Waals surface area (Å²) in [6.45, 7) is 1.89. The highest BCUT2D eigenvalue weighted by molar-refractivity contribution is 7.07. The van der Waals surface area contributed by atoms with E-state index in [1.165, 1.54) is 29.1 Å². The van der Waals surface area contributed by atoms with Crippen molar-refractivity contribution in [2.75, 3.05) is 7.11 Å². The van der Waals surface area contributed by atoms with Crippen LogP contribution < -0.4 is 14.9 Å². The van der Waals surface area contributed by atoms with Crippen molar-refractivity contribution >= 4 is 29.1 Å². The van der Waals surface area contributed by atoms with E-state index in [9.17, 15) is 19.7 Å². The van der Waals surface area contributed by atoms with Crippen molar-refractivity contribution in [3.05, 3.63) is 119 Å². The summed E-state index contributed by atoms with van der Waals surface area (Å²) in [5.74, 6) is 0.135. The van der Waals surface area contributed by atoms with Gasteiger partial charge in [-0.15, -0.1) is 0 Å². The maximum Gasteiger partial charge on any atom is 0.338 e. The summed E-state index contributed by atoms with van der Waals surface area (Å²) in [5.41, 5.74) is 1.57. The fourth-order valence-electron chi connectivity index (χ4n) is 4.36. The van der Waals surface area contributed by atoms with Gasteiger partial charge in [0.2, 0.25) is 0 Å².